The zero-order valence-corrected chi connectivity index (χ0v) is 27.6. The molecule has 14 heteroatoms. The maximum atomic E-state index is 15.5. The molecule has 0 atom stereocenters. The van der Waals surface area contributed by atoms with Gasteiger partial charge in [-0.15, -0.1) is 0 Å². The van der Waals surface area contributed by atoms with Gasteiger partial charge in [-0.05, 0) is 54.6 Å². The standard InChI is InChI=1S/C38H31F2N3O9/c1-50-33-7-2-21(14-30(33)44)34-19-32(46)36-31(45)15-24(16-35(36)52-34)51-13-12-41-8-10-42(11-9-41)29-18-28-25(17-27(29)40)37(47)26(38(48)49)20-43(28)23-5-3-22(39)4-6-23/h2-7,14-20,44-45H,8-13H2,1H3,(H,48,49). The number of ether oxygens (including phenoxy) is 2. The number of aromatic nitrogens is 1. The number of piperazine rings is 1. The van der Waals surface area contributed by atoms with Crippen molar-refractivity contribution in [3.8, 4) is 40.0 Å². The van der Waals surface area contributed by atoms with E-state index in [9.17, 15) is 34.1 Å². The minimum absolute atomic E-state index is 0.0112. The number of nitrogens with zero attached hydrogens (tertiary/aromatic N) is 3. The Morgan fingerprint density at radius 3 is 2.35 bits per heavy atom. The zero-order valence-electron chi connectivity index (χ0n) is 27.6. The second-order valence-corrected chi connectivity index (χ2v) is 12.2. The largest absolute Gasteiger partial charge is 0.507 e. The maximum Gasteiger partial charge on any atom is 0.341 e. The van der Waals surface area contributed by atoms with Gasteiger partial charge in [0.25, 0.3) is 0 Å². The van der Waals surface area contributed by atoms with Crippen molar-refractivity contribution in [1.82, 2.24) is 9.47 Å². The average Bonchev–Trinajstić information content (AvgIpc) is 3.12. The number of carbonyl (C=O) groups is 1. The molecule has 4 aromatic carbocycles. The summed E-state index contributed by atoms with van der Waals surface area (Å²) in [5, 5.41) is 30.3. The number of halogens is 2. The molecule has 3 heterocycles. The van der Waals surface area contributed by atoms with Gasteiger partial charge in [-0.25, -0.2) is 13.6 Å². The Hall–Kier alpha value is -6.41. The number of methoxy groups -OCH3 is 1. The third kappa shape index (κ3) is 6.47. The lowest BCUT2D eigenvalue weighted by Gasteiger charge is -2.36. The lowest BCUT2D eigenvalue weighted by atomic mass is 10.1. The van der Waals surface area contributed by atoms with E-state index in [0.717, 1.165) is 12.3 Å². The summed E-state index contributed by atoms with van der Waals surface area (Å²) < 4.78 is 47.6. The summed E-state index contributed by atoms with van der Waals surface area (Å²) in [5.41, 5.74) is -0.394. The van der Waals surface area contributed by atoms with E-state index in [-0.39, 0.29) is 62.9 Å². The molecule has 1 aliphatic heterocycles. The molecule has 1 fully saturated rings. The Labute approximate surface area is 293 Å². The van der Waals surface area contributed by atoms with Crippen LogP contribution in [0.15, 0.2) is 93.0 Å². The molecule has 1 aliphatic rings. The predicted molar refractivity (Wildman–Crippen MR) is 188 cm³/mol. The number of aromatic carboxylic acids is 1. The van der Waals surface area contributed by atoms with Gasteiger partial charge in [0.2, 0.25) is 5.43 Å². The molecular weight excluding hydrogens is 680 g/mol. The van der Waals surface area contributed by atoms with Crippen LogP contribution in [-0.2, 0) is 0 Å². The Morgan fingerprint density at radius 2 is 1.65 bits per heavy atom. The van der Waals surface area contributed by atoms with Gasteiger partial charge in [0, 0.05) is 73.8 Å². The molecule has 266 valence electrons. The summed E-state index contributed by atoms with van der Waals surface area (Å²) >= 11 is 0. The minimum atomic E-state index is -1.46. The fourth-order valence-electron chi connectivity index (χ4n) is 6.36. The first kappa shape index (κ1) is 34.1. The molecule has 0 bridgehead atoms. The van der Waals surface area contributed by atoms with E-state index in [1.807, 2.05) is 4.90 Å². The van der Waals surface area contributed by atoms with Crippen molar-refractivity contribution in [1.29, 1.82) is 0 Å². The Morgan fingerprint density at radius 1 is 0.904 bits per heavy atom. The monoisotopic (exact) mass is 711 g/mol. The topological polar surface area (TPSA) is 155 Å². The first-order chi connectivity index (χ1) is 25.0. The van der Waals surface area contributed by atoms with E-state index in [1.165, 1.54) is 72.3 Å². The number of phenolic OH excluding ortho intramolecular Hbond substituents is 2. The number of hydrogen-bond acceptors (Lipinski definition) is 10. The molecule has 12 nitrogen and oxygen atoms in total. The highest BCUT2D eigenvalue weighted by atomic mass is 19.1. The maximum absolute atomic E-state index is 15.5. The summed E-state index contributed by atoms with van der Waals surface area (Å²) in [7, 11) is 1.42. The van der Waals surface area contributed by atoms with Gasteiger partial charge in [0.1, 0.15) is 52.0 Å². The number of benzene rings is 4. The number of fused-ring (bicyclic) bond motifs is 2. The van der Waals surface area contributed by atoms with Gasteiger partial charge in [0.15, 0.2) is 16.9 Å². The third-order valence-corrected chi connectivity index (χ3v) is 9.04. The van der Waals surface area contributed by atoms with Crippen LogP contribution in [0.2, 0.25) is 0 Å². The number of aromatic hydroxyl groups is 2. The van der Waals surface area contributed by atoms with Crippen molar-refractivity contribution in [2.45, 2.75) is 0 Å². The highest BCUT2D eigenvalue weighted by Crippen LogP contribution is 2.35. The molecule has 0 saturated carbocycles. The normalized spacial score (nSPS) is 13.5. The van der Waals surface area contributed by atoms with Gasteiger partial charge >= 0.3 is 5.97 Å². The van der Waals surface area contributed by atoms with E-state index in [4.69, 9.17) is 13.9 Å². The highest BCUT2D eigenvalue weighted by Gasteiger charge is 2.23. The van der Waals surface area contributed by atoms with Crippen LogP contribution in [0, 0.1) is 11.6 Å². The van der Waals surface area contributed by atoms with Gasteiger partial charge in [0.05, 0.1) is 18.3 Å². The molecule has 1 saturated heterocycles. The van der Waals surface area contributed by atoms with Crippen LogP contribution in [0.4, 0.5) is 14.5 Å². The van der Waals surface area contributed by atoms with E-state index in [1.54, 1.807) is 6.07 Å². The molecular formula is C38H31F2N3O9. The number of pyridine rings is 1. The van der Waals surface area contributed by atoms with Crippen LogP contribution in [0.1, 0.15) is 10.4 Å². The first-order valence-electron chi connectivity index (χ1n) is 16.2. The van der Waals surface area contributed by atoms with Crippen molar-refractivity contribution >= 4 is 33.5 Å². The van der Waals surface area contributed by atoms with E-state index >= 15 is 4.39 Å². The fraction of sp³-hybridized carbons (Fsp3) is 0.184. The second-order valence-electron chi connectivity index (χ2n) is 12.2. The Balaban J connectivity index is 1.05. The molecule has 0 radical (unpaired) electrons. The van der Waals surface area contributed by atoms with E-state index in [0.29, 0.717) is 44.0 Å². The SMILES string of the molecule is COc1ccc(-c2cc(=O)c3c(O)cc(OCCN4CCN(c5cc6c(cc5F)c(=O)c(C(=O)O)cn6-c5ccc(F)cc5)CC4)cc3o2)cc1O. The molecule has 0 unspecified atom stereocenters. The molecule has 7 rings (SSSR count). The number of phenols is 2. The highest BCUT2D eigenvalue weighted by molar-refractivity contribution is 5.94. The lowest BCUT2D eigenvalue weighted by molar-refractivity contribution is 0.0695. The van der Waals surface area contributed by atoms with Gasteiger partial charge in [-0.3, -0.25) is 14.5 Å². The van der Waals surface area contributed by atoms with E-state index in [2.05, 4.69) is 4.90 Å². The predicted octanol–water partition coefficient (Wildman–Crippen LogP) is 5.36. The Kier molecular flexibility index (Phi) is 8.98. The third-order valence-electron chi connectivity index (χ3n) is 9.04. The Bertz CT molecular complexity index is 2470. The molecule has 0 spiro atoms. The van der Waals surface area contributed by atoms with Crippen molar-refractivity contribution in [2.24, 2.45) is 0 Å². The summed E-state index contributed by atoms with van der Waals surface area (Å²) in [4.78, 5) is 41.6. The molecule has 2 aromatic heterocycles. The fourth-order valence-corrected chi connectivity index (χ4v) is 6.36. The van der Waals surface area contributed by atoms with Crippen LogP contribution in [0.25, 0.3) is 38.9 Å². The van der Waals surface area contributed by atoms with Crippen LogP contribution in [-0.4, -0.2) is 77.2 Å². The summed E-state index contributed by atoms with van der Waals surface area (Å²) in [5.74, 6) is -2.35. The van der Waals surface area contributed by atoms with Gasteiger partial charge in [-0.1, -0.05) is 0 Å². The number of carboxylic acids is 1. The van der Waals surface area contributed by atoms with Gasteiger partial charge < -0.3 is 38.7 Å². The van der Waals surface area contributed by atoms with Crippen LogP contribution in [0.5, 0.6) is 23.0 Å². The first-order valence-corrected chi connectivity index (χ1v) is 16.2. The average molecular weight is 712 g/mol. The second kappa shape index (κ2) is 13.7. The summed E-state index contributed by atoms with van der Waals surface area (Å²) in [6.07, 6.45) is 1.16. The van der Waals surface area contributed by atoms with Crippen LogP contribution < -0.4 is 25.2 Å². The van der Waals surface area contributed by atoms with Crippen molar-refractivity contribution < 1.29 is 42.8 Å². The number of rotatable bonds is 9. The minimum Gasteiger partial charge on any atom is -0.507 e. The molecule has 52 heavy (non-hydrogen) atoms. The number of carboxylic acid groups (broad SMARTS) is 1. The van der Waals surface area contributed by atoms with Crippen LogP contribution in [0.3, 0.4) is 0 Å². The lowest BCUT2D eigenvalue weighted by Crippen LogP contribution is -2.47. The molecule has 0 aliphatic carbocycles. The van der Waals surface area contributed by atoms with Crippen LogP contribution >= 0.6 is 0 Å². The van der Waals surface area contributed by atoms with Crippen molar-refractivity contribution in [3.63, 3.8) is 0 Å². The smallest absolute Gasteiger partial charge is 0.341 e. The quantitative estimate of drug-likeness (QED) is 0.178. The number of anilines is 1. The molecule has 0 amide bonds. The van der Waals surface area contributed by atoms with Crippen molar-refractivity contribution in [2.75, 3.05) is 51.3 Å². The zero-order chi connectivity index (χ0) is 36.7. The van der Waals surface area contributed by atoms with Crippen molar-refractivity contribution in [3.05, 3.63) is 117 Å². The molecule has 3 N–H and O–H groups in total. The van der Waals surface area contributed by atoms with Gasteiger partial charge in [-0.2, -0.15) is 0 Å². The molecule has 6 aromatic rings. The summed E-state index contributed by atoms with van der Waals surface area (Å²) in [6.45, 7) is 2.66. The van der Waals surface area contributed by atoms with E-state index < -0.39 is 34.0 Å². The number of hydrogen-bond donors (Lipinski definition) is 3. The summed E-state index contributed by atoms with van der Waals surface area (Å²) in [6, 6.07) is 16.5.